The quantitative estimate of drug-likeness (QED) is 0.669. The lowest BCUT2D eigenvalue weighted by Gasteiger charge is -2.41. The van der Waals surface area contributed by atoms with Crippen LogP contribution in [0.5, 0.6) is 11.5 Å². The summed E-state index contributed by atoms with van der Waals surface area (Å²) < 4.78 is 10.1. The fraction of sp³-hybridized carbons (Fsp3) is 0.375. The normalized spacial score (nSPS) is 18.3. The summed E-state index contributed by atoms with van der Waals surface area (Å²) in [6.07, 6.45) is 0. The van der Waals surface area contributed by atoms with Gasteiger partial charge in [0.2, 0.25) is 0 Å². The van der Waals surface area contributed by atoms with Crippen LogP contribution in [-0.2, 0) is 9.53 Å². The van der Waals surface area contributed by atoms with E-state index in [0.29, 0.717) is 16.4 Å². The highest BCUT2D eigenvalue weighted by atomic mass is 32.1. The van der Waals surface area contributed by atoms with Crippen LogP contribution in [0.2, 0.25) is 0 Å². The number of hydrogen-bond donors (Lipinski definition) is 1. The maximum Gasteiger partial charge on any atom is 0.337 e. The molecule has 0 amide bonds. The molecule has 0 aromatic heterocycles. The van der Waals surface area contributed by atoms with Crippen molar-refractivity contribution in [2.24, 2.45) is 0 Å². The fourth-order valence-electron chi connectivity index (χ4n) is 2.69. The zero-order chi connectivity index (χ0) is 17.3. The first-order valence-electron chi connectivity index (χ1n) is 7.00. The first kappa shape index (κ1) is 17.1. The van der Waals surface area contributed by atoms with Crippen molar-refractivity contribution in [2.45, 2.75) is 13.0 Å². The van der Waals surface area contributed by atoms with Gasteiger partial charge in [-0.25, -0.2) is 4.79 Å². The molecule has 1 heterocycles. The van der Waals surface area contributed by atoms with Crippen molar-refractivity contribution in [1.29, 1.82) is 0 Å². The van der Waals surface area contributed by atoms with Gasteiger partial charge in [0.05, 0.1) is 25.8 Å². The third-order valence-corrected chi connectivity index (χ3v) is 4.63. The lowest BCUT2D eigenvalue weighted by Crippen LogP contribution is -2.47. The second-order valence-electron chi connectivity index (χ2n) is 5.28. The van der Waals surface area contributed by atoms with Crippen molar-refractivity contribution in [3.63, 3.8) is 0 Å². The topological polar surface area (TPSA) is 62.2 Å². The molecule has 1 aliphatic heterocycles. The standard InChI is InChI=1S/C16H20N2O4S/c1-9-13(15(20)22-5)14(18(3)16(23)17(9)2)10-6-7-11(19)12(8-10)21-4/h6-8,14,19H,1-5H3. The van der Waals surface area contributed by atoms with Crippen LogP contribution in [0.4, 0.5) is 0 Å². The van der Waals surface area contributed by atoms with Gasteiger partial charge in [0, 0.05) is 19.8 Å². The summed E-state index contributed by atoms with van der Waals surface area (Å²) in [6.45, 7) is 1.83. The number of phenols is 1. The van der Waals surface area contributed by atoms with Gasteiger partial charge < -0.3 is 24.4 Å². The molecule has 1 aromatic carbocycles. The number of rotatable bonds is 3. The molecule has 1 aliphatic rings. The molecule has 23 heavy (non-hydrogen) atoms. The Kier molecular flexibility index (Phi) is 4.79. The van der Waals surface area contributed by atoms with Gasteiger partial charge in [-0.3, -0.25) is 0 Å². The van der Waals surface area contributed by atoms with Crippen LogP contribution in [0.1, 0.15) is 18.5 Å². The molecule has 1 N–H and O–H groups in total. The Balaban J connectivity index is 2.65. The van der Waals surface area contributed by atoms with Crippen LogP contribution in [0.3, 0.4) is 0 Å². The molecule has 1 aromatic rings. The van der Waals surface area contributed by atoms with E-state index < -0.39 is 12.0 Å². The molecular weight excluding hydrogens is 316 g/mol. The van der Waals surface area contributed by atoms with Gasteiger partial charge in [-0.2, -0.15) is 0 Å². The van der Waals surface area contributed by atoms with Gasteiger partial charge in [0.25, 0.3) is 0 Å². The van der Waals surface area contributed by atoms with E-state index in [0.717, 1.165) is 11.3 Å². The Hall–Kier alpha value is -2.28. The minimum absolute atomic E-state index is 0.0368. The van der Waals surface area contributed by atoms with Crippen molar-refractivity contribution in [1.82, 2.24) is 9.80 Å². The largest absolute Gasteiger partial charge is 0.504 e. The highest BCUT2D eigenvalue weighted by Crippen LogP contribution is 2.39. The molecule has 0 saturated carbocycles. The first-order valence-corrected chi connectivity index (χ1v) is 7.40. The predicted molar refractivity (Wildman–Crippen MR) is 90.2 cm³/mol. The summed E-state index contributed by atoms with van der Waals surface area (Å²) in [4.78, 5) is 15.9. The van der Waals surface area contributed by atoms with Gasteiger partial charge in [0.1, 0.15) is 0 Å². The van der Waals surface area contributed by atoms with E-state index >= 15 is 0 Å². The number of aromatic hydroxyl groups is 1. The van der Waals surface area contributed by atoms with E-state index in [1.165, 1.54) is 20.3 Å². The second kappa shape index (κ2) is 6.45. The summed E-state index contributed by atoms with van der Waals surface area (Å²) in [6, 6.07) is 4.55. The summed E-state index contributed by atoms with van der Waals surface area (Å²) in [7, 11) is 6.46. The number of benzene rings is 1. The number of allylic oxidation sites excluding steroid dienone is 1. The Bertz CT molecular complexity index is 687. The average molecular weight is 336 g/mol. The summed E-state index contributed by atoms with van der Waals surface area (Å²) in [5, 5.41) is 10.4. The monoisotopic (exact) mass is 336 g/mol. The number of carbonyl (C=O) groups excluding carboxylic acids is 1. The lowest BCUT2D eigenvalue weighted by molar-refractivity contribution is -0.137. The predicted octanol–water partition coefficient (Wildman–Crippen LogP) is 2.05. The van der Waals surface area contributed by atoms with Gasteiger partial charge in [0.15, 0.2) is 16.6 Å². The number of nitrogens with zero attached hydrogens (tertiary/aromatic N) is 2. The van der Waals surface area contributed by atoms with Gasteiger partial charge in [-0.15, -0.1) is 0 Å². The fourth-order valence-corrected chi connectivity index (χ4v) is 2.93. The van der Waals surface area contributed by atoms with Crippen LogP contribution in [0.25, 0.3) is 0 Å². The molecule has 124 valence electrons. The Morgan fingerprint density at radius 3 is 2.52 bits per heavy atom. The Morgan fingerprint density at radius 2 is 1.96 bits per heavy atom. The number of methoxy groups -OCH3 is 2. The summed E-state index contributed by atoms with van der Waals surface area (Å²) in [5.74, 6) is -0.0434. The molecule has 0 fully saturated rings. The Morgan fingerprint density at radius 1 is 1.30 bits per heavy atom. The molecule has 0 aliphatic carbocycles. The number of esters is 1. The minimum Gasteiger partial charge on any atom is -0.504 e. The number of hydrogen-bond acceptors (Lipinski definition) is 5. The molecule has 0 saturated heterocycles. The first-order chi connectivity index (χ1) is 10.8. The molecular formula is C16H20N2O4S. The molecule has 2 rings (SSSR count). The van der Waals surface area contributed by atoms with Crippen LogP contribution >= 0.6 is 12.2 Å². The summed E-state index contributed by atoms with van der Waals surface area (Å²) in [5.41, 5.74) is 2.01. The highest BCUT2D eigenvalue weighted by molar-refractivity contribution is 7.80. The Labute approximate surface area is 140 Å². The number of phenolic OH excluding ortho intramolecular Hbond substituents is 1. The molecule has 6 nitrogen and oxygen atoms in total. The van der Waals surface area contributed by atoms with E-state index in [1.807, 2.05) is 25.9 Å². The van der Waals surface area contributed by atoms with E-state index in [2.05, 4.69) is 0 Å². The van der Waals surface area contributed by atoms with Crippen molar-refractivity contribution >= 4 is 23.3 Å². The lowest BCUT2D eigenvalue weighted by atomic mass is 9.93. The molecule has 7 heteroatoms. The number of thiocarbonyl (C=S) groups is 1. The molecule has 0 radical (unpaired) electrons. The SMILES string of the molecule is COC(=O)C1=C(C)N(C)C(=S)N(C)C1c1ccc(O)c(OC)c1. The second-order valence-corrected chi connectivity index (χ2v) is 5.64. The maximum atomic E-state index is 12.3. The smallest absolute Gasteiger partial charge is 0.337 e. The van der Waals surface area contributed by atoms with Crippen molar-refractivity contribution in [3.05, 3.63) is 35.0 Å². The van der Waals surface area contributed by atoms with Gasteiger partial charge in [-0.05, 0) is 36.8 Å². The van der Waals surface area contributed by atoms with Crippen LogP contribution < -0.4 is 4.74 Å². The number of likely N-dealkylation sites (N-methyl/N-ethyl adjacent to an activating group) is 1. The number of carbonyl (C=O) groups is 1. The highest BCUT2D eigenvalue weighted by Gasteiger charge is 2.37. The third kappa shape index (κ3) is 2.84. The van der Waals surface area contributed by atoms with E-state index in [1.54, 1.807) is 17.0 Å². The van der Waals surface area contributed by atoms with Crippen molar-refractivity contribution in [3.8, 4) is 11.5 Å². The van der Waals surface area contributed by atoms with Gasteiger partial charge in [-0.1, -0.05) is 6.07 Å². The van der Waals surface area contributed by atoms with Crippen LogP contribution in [0, 0.1) is 0 Å². The van der Waals surface area contributed by atoms with E-state index in [9.17, 15) is 9.90 Å². The van der Waals surface area contributed by atoms with Gasteiger partial charge >= 0.3 is 5.97 Å². The van der Waals surface area contributed by atoms with Crippen LogP contribution in [-0.4, -0.2) is 54.3 Å². The zero-order valence-corrected chi connectivity index (χ0v) is 14.6. The molecule has 0 bridgehead atoms. The van der Waals surface area contributed by atoms with Crippen molar-refractivity contribution < 1.29 is 19.4 Å². The third-order valence-electron chi connectivity index (χ3n) is 4.07. The summed E-state index contributed by atoms with van der Waals surface area (Å²) >= 11 is 5.45. The van der Waals surface area contributed by atoms with E-state index in [-0.39, 0.29) is 5.75 Å². The average Bonchev–Trinajstić information content (AvgIpc) is 2.56. The number of ether oxygens (including phenoxy) is 2. The minimum atomic E-state index is -0.416. The zero-order valence-electron chi connectivity index (χ0n) is 13.8. The maximum absolute atomic E-state index is 12.3. The van der Waals surface area contributed by atoms with Crippen LogP contribution in [0.15, 0.2) is 29.5 Å². The van der Waals surface area contributed by atoms with Crippen molar-refractivity contribution in [2.75, 3.05) is 28.3 Å². The molecule has 1 unspecified atom stereocenters. The van der Waals surface area contributed by atoms with E-state index in [4.69, 9.17) is 21.7 Å². The molecule has 1 atom stereocenters. The molecule has 0 spiro atoms.